The summed E-state index contributed by atoms with van der Waals surface area (Å²) >= 11 is 0. The van der Waals surface area contributed by atoms with Gasteiger partial charge in [0, 0.05) is 18.0 Å². The molecule has 5 heteroatoms. The molecule has 0 atom stereocenters. The summed E-state index contributed by atoms with van der Waals surface area (Å²) in [5, 5.41) is 18.0. The van der Waals surface area contributed by atoms with Gasteiger partial charge in [-0.15, -0.1) is 0 Å². The molecular weight excluding hydrogens is 208 g/mol. The molecule has 0 saturated heterocycles. The second-order valence-corrected chi connectivity index (χ2v) is 4.38. The van der Waals surface area contributed by atoms with Crippen molar-refractivity contribution in [2.45, 2.75) is 25.4 Å². The predicted octanol–water partition coefficient (Wildman–Crippen LogP) is 0.0997. The van der Waals surface area contributed by atoms with Gasteiger partial charge >= 0.3 is 7.12 Å². The predicted molar refractivity (Wildman–Crippen MR) is 60.7 cm³/mol. The molecule has 0 aromatic heterocycles. The fourth-order valence-electron chi connectivity index (χ4n) is 1.82. The Morgan fingerprint density at radius 2 is 2.12 bits per heavy atom. The van der Waals surface area contributed by atoms with Crippen LogP contribution in [0.1, 0.15) is 18.4 Å². The lowest BCUT2D eigenvalue weighted by Gasteiger charge is -2.16. The first kappa shape index (κ1) is 11.6. The first-order chi connectivity index (χ1) is 7.58. The van der Waals surface area contributed by atoms with E-state index in [0.717, 1.165) is 5.56 Å². The highest BCUT2D eigenvalue weighted by Crippen LogP contribution is 2.26. The molecule has 0 bridgehead atoms. The zero-order chi connectivity index (χ0) is 11.7. The summed E-state index contributed by atoms with van der Waals surface area (Å²) in [6.07, 6.45) is 2.43. The van der Waals surface area contributed by atoms with Gasteiger partial charge in [-0.05, 0) is 31.5 Å². The van der Waals surface area contributed by atoms with Crippen molar-refractivity contribution in [2.24, 2.45) is 0 Å². The summed E-state index contributed by atoms with van der Waals surface area (Å²) in [6.45, 7) is 0.713. The second kappa shape index (κ2) is 4.53. The SMILES string of the molecule is CN(Cc1ccc(F)c(B(O)O)c1)C1CC1. The number of hydrogen-bond acceptors (Lipinski definition) is 3. The van der Waals surface area contributed by atoms with Gasteiger partial charge in [0.15, 0.2) is 0 Å². The highest BCUT2D eigenvalue weighted by Gasteiger charge is 2.26. The molecular formula is C11H15BFNO2. The van der Waals surface area contributed by atoms with Crippen LogP contribution in [0, 0.1) is 5.82 Å². The molecule has 0 spiro atoms. The smallest absolute Gasteiger partial charge is 0.423 e. The molecule has 1 saturated carbocycles. The molecule has 2 rings (SSSR count). The normalized spacial score (nSPS) is 15.6. The number of nitrogens with zero attached hydrogens (tertiary/aromatic N) is 1. The Bertz CT molecular complexity index is 382. The van der Waals surface area contributed by atoms with Gasteiger partial charge in [-0.2, -0.15) is 0 Å². The Kier molecular flexibility index (Phi) is 3.28. The number of halogens is 1. The van der Waals surface area contributed by atoms with E-state index < -0.39 is 12.9 Å². The summed E-state index contributed by atoms with van der Waals surface area (Å²) in [7, 11) is 0.280. The highest BCUT2D eigenvalue weighted by molar-refractivity contribution is 6.58. The fourth-order valence-corrected chi connectivity index (χ4v) is 1.82. The minimum atomic E-state index is -1.74. The molecule has 1 fully saturated rings. The zero-order valence-electron chi connectivity index (χ0n) is 9.23. The molecule has 0 heterocycles. The summed E-state index contributed by atoms with van der Waals surface area (Å²) in [5.41, 5.74) is 0.848. The molecule has 3 nitrogen and oxygen atoms in total. The third-order valence-corrected chi connectivity index (χ3v) is 2.94. The molecule has 1 aliphatic carbocycles. The topological polar surface area (TPSA) is 43.7 Å². The first-order valence-electron chi connectivity index (χ1n) is 5.42. The summed E-state index contributed by atoms with van der Waals surface area (Å²) < 4.78 is 13.2. The van der Waals surface area contributed by atoms with E-state index in [-0.39, 0.29) is 5.46 Å². The van der Waals surface area contributed by atoms with E-state index in [1.54, 1.807) is 6.07 Å². The monoisotopic (exact) mass is 223 g/mol. The van der Waals surface area contributed by atoms with E-state index >= 15 is 0 Å². The van der Waals surface area contributed by atoms with E-state index in [4.69, 9.17) is 10.0 Å². The molecule has 1 aromatic carbocycles. The van der Waals surface area contributed by atoms with Crippen LogP contribution in [0.4, 0.5) is 4.39 Å². The van der Waals surface area contributed by atoms with Gasteiger partial charge in [0.2, 0.25) is 0 Å². The van der Waals surface area contributed by atoms with Gasteiger partial charge in [-0.3, -0.25) is 4.90 Å². The van der Waals surface area contributed by atoms with Crippen LogP contribution in [0.3, 0.4) is 0 Å². The maximum atomic E-state index is 13.2. The summed E-state index contributed by atoms with van der Waals surface area (Å²) in [4.78, 5) is 2.20. The molecule has 0 unspecified atom stereocenters. The van der Waals surface area contributed by atoms with E-state index in [1.165, 1.54) is 25.0 Å². The third kappa shape index (κ3) is 2.61. The van der Waals surface area contributed by atoms with Crippen LogP contribution >= 0.6 is 0 Å². The lowest BCUT2D eigenvalue weighted by molar-refractivity contribution is 0.316. The highest BCUT2D eigenvalue weighted by atomic mass is 19.1. The maximum Gasteiger partial charge on any atom is 0.491 e. The molecule has 1 aliphatic rings. The summed E-state index contributed by atoms with van der Waals surface area (Å²) in [5.74, 6) is -0.576. The van der Waals surface area contributed by atoms with Crippen molar-refractivity contribution in [1.82, 2.24) is 4.90 Å². The average molecular weight is 223 g/mol. The van der Waals surface area contributed by atoms with Crippen LogP contribution in [0.2, 0.25) is 0 Å². The fraction of sp³-hybridized carbons (Fsp3) is 0.455. The Hall–Kier alpha value is -0.905. The largest absolute Gasteiger partial charge is 0.491 e. The number of benzene rings is 1. The molecule has 86 valence electrons. The standard InChI is InChI=1S/C11H15BFNO2/c1-14(9-3-4-9)7-8-2-5-11(13)10(6-8)12(15)16/h2,5-6,9,15-16H,3-4,7H2,1H3. The molecule has 0 radical (unpaired) electrons. The Labute approximate surface area is 94.7 Å². The number of rotatable bonds is 4. The molecule has 16 heavy (non-hydrogen) atoms. The van der Waals surface area contributed by atoms with Crippen molar-refractivity contribution in [3.8, 4) is 0 Å². The molecule has 1 aromatic rings. The quantitative estimate of drug-likeness (QED) is 0.711. The Morgan fingerprint density at radius 1 is 1.44 bits per heavy atom. The van der Waals surface area contributed by atoms with Crippen molar-refractivity contribution in [1.29, 1.82) is 0 Å². The third-order valence-electron chi connectivity index (χ3n) is 2.94. The minimum absolute atomic E-state index is 0.0540. The van der Waals surface area contributed by atoms with E-state index in [1.807, 2.05) is 7.05 Å². The van der Waals surface area contributed by atoms with Crippen LogP contribution < -0.4 is 5.46 Å². The van der Waals surface area contributed by atoms with Crippen molar-refractivity contribution in [3.05, 3.63) is 29.6 Å². The van der Waals surface area contributed by atoms with Crippen LogP contribution in [-0.4, -0.2) is 35.2 Å². The van der Waals surface area contributed by atoms with Crippen molar-refractivity contribution < 1.29 is 14.4 Å². The lowest BCUT2D eigenvalue weighted by atomic mass is 9.79. The van der Waals surface area contributed by atoms with E-state index in [2.05, 4.69) is 4.90 Å². The van der Waals surface area contributed by atoms with Gasteiger partial charge in [0.1, 0.15) is 5.82 Å². The molecule has 0 aliphatic heterocycles. The Balaban J connectivity index is 2.11. The zero-order valence-corrected chi connectivity index (χ0v) is 9.23. The minimum Gasteiger partial charge on any atom is -0.423 e. The van der Waals surface area contributed by atoms with Gasteiger partial charge in [-0.25, -0.2) is 4.39 Å². The van der Waals surface area contributed by atoms with Gasteiger partial charge in [0.05, 0.1) is 0 Å². The second-order valence-electron chi connectivity index (χ2n) is 4.38. The lowest BCUT2D eigenvalue weighted by Crippen LogP contribution is -2.33. The van der Waals surface area contributed by atoms with Crippen LogP contribution in [0.15, 0.2) is 18.2 Å². The summed E-state index contributed by atoms with van der Waals surface area (Å²) in [6, 6.07) is 5.11. The van der Waals surface area contributed by atoms with Crippen molar-refractivity contribution in [3.63, 3.8) is 0 Å². The van der Waals surface area contributed by atoms with E-state index in [9.17, 15) is 4.39 Å². The maximum absolute atomic E-state index is 13.2. The first-order valence-corrected chi connectivity index (χ1v) is 5.42. The van der Waals surface area contributed by atoms with Crippen LogP contribution in [0.25, 0.3) is 0 Å². The average Bonchev–Trinajstić information content (AvgIpc) is 3.03. The van der Waals surface area contributed by atoms with Gasteiger partial charge < -0.3 is 10.0 Å². The van der Waals surface area contributed by atoms with Crippen LogP contribution in [-0.2, 0) is 6.54 Å². The number of hydrogen-bond donors (Lipinski definition) is 2. The van der Waals surface area contributed by atoms with E-state index in [0.29, 0.717) is 12.6 Å². The Morgan fingerprint density at radius 3 is 2.69 bits per heavy atom. The van der Waals surface area contributed by atoms with Crippen molar-refractivity contribution in [2.75, 3.05) is 7.05 Å². The van der Waals surface area contributed by atoms with Gasteiger partial charge in [0.25, 0.3) is 0 Å². The molecule has 2 N–H and O–H groups in total. The molecule has 0 amide bonds. The van der Waals surface area contributed by atoms with Crippen LogP contribution in [0.5, 0.6) is 0 Å². The van der Waals surface area contributed by atoms with Gasteiger partial charge in [-0.1, -0.05) is 12.1 Å². The van der Waals surface area contributed by atoms with Crippen molar-refractivity contribution >= 4 is 12.6 Å².